The number of nitrogens with one attached hydrogen (secondary N) is 1. The smallest absolute Gasteiger partial charge is 0.397 e. The molecule has 7 heteroatoms. The summed E-state index contributed by atoms with van der Waals surface area (Å²) in [5.41, 5.74) is 0. The van der Waals surface area contributed by atoms with E-state index in [1.165, 1.54) is 0 Å². The third-order valence-electron chi connectivity index (χ3n) is 1.32. The predicted molar refractivity (Wildman–Crippen MR) is 43.7 cm³/mol. The Bertz CT molecular complexity index is 292. The van der Waals surface area contributed by atoms with Gasteiger partial charge in [-0.3, -0.25) is 4.79 Å². The van der Waals surface area contributed by atoms with Gasteiger partial charge in [0.05, 0.1) is 0 Å². The molecule has 0 aliphatic carbocycles. The van der Waals surface area contributed by atoms with Gasteiger partial charge in [-0.15, -0.1) is 12.3 Å². The van der Waals surface area contributed by atoms with Crippen molar-refractivity contribution in [3.05, 3.63) is 0 Å². The molecule has 0 aromatic carbocycles. The van der Waals surface area contributed by atoms with Crippen molar-refractivity contribution in [1.29, 1.82) is 0 Å². The highest BCUT2D eigenvalue weighted by molar-refractivity contribution is 5.84. The normalized spacial score (nSPS) is 12.7. The van der Waals surface area contributed by atoms with Crippen molar-refractivity contribution in [3.8, 4) is 12.3 Å². The van der Waals surface area contributed by atoms with E-state index in [1.807, 2.05) is 5.92 Å². The number of carboxylic acid groups (broad SMARTS) is 1. The highest BCUT2D eigenvalue weighted by atomic mass is 19.4. The van der Waals surface area contributed by atoms with Gasteiger partial charge in [0.15, 0.2) is 0 Å². The van der Waals surface area contributed by atoms with E-state index in [2.05, 4.69) is 0 Å². The van der Waals surface area contributed by atoms with Crippen LogP contribution in [0.5, 0.6) is 0 Å². The van der Waals surface area contributed by atoms with Gasteiger partial charge in [0.2, 0.25) is 5.91 Å². The summed E-state index contributed by atoms with van der Waals surface area (Å²) in [6, 6.07) is -1.48. The number of hydrogen-bond donors (Lipinski definition) is 2. The summed E-state index contributed by atoms with van der Waals surface area (Å²) in [5.74, 6) is -0.940. The number of alkyl halides is 3. The van der Waals surface area contributed by atoms with Crippen LogP contribution in [0.4, 0.5) is 13.2 Å². The van der Waals surface area contributed by atoms with Gasteiger partial charge in [0.1, 0.15) is 12.5 Å². The number of carboxylic acids is 1. The Balaban J connectivity index is 4.25. The molecule has 0 aromatic heterocycles. The topological polar surface area (TPSA) is 66.4 Å². The Morgan fingerprint density at radius 3 is 2.33 bits per heavy atom. The summed E-state index contributed by atoms with van der Waals surface area (Å²) in [5, 5.41) is 10.1. The zero-order chi connectivity index (χ0) is 12.1. The third kappa shape index (κ3) is 6.37. The maximum atomic E-state index is 11.7. The summed E-state index contributed by atoms with van der Waals surface area (Å²) >= 11 is 0. The lowest BCUT2D eigenvalue weighted by atomic mass is 10.2. The molecule has 0 radical (unpaired) electrons. The number of carbonyl (C=O) groups is 2. The lowest BCUT2D eigenvalue weighted by molar-refractivity contribution is -0.156. The van der Waals surface area contributed by atoms with Gasteiger partial charge in [0, 0.05) is 6.42 Å². The minimum absolute atomic E-state index is 0.362. The van der Waals surface area contributed by atoms with E-state index in [9.17, 15) is 22.8 Å². The van der Waals surface area contributed by atoms with Crippen molar-refractivity contribution in [2.24, 2.45) is 0 Å². The van der Waals surface area contributed by atoms with Crippen LogP contribution < -0.4 is 5.32 Å². The van der Waals surface area contributed by atoms with Crippen molar-refractivity contribution >= 4 is 11.9 Å². The van der Waals surface area contributed by atoms with E-state index in [0.29, 0.717) is 0 Å². The molecule has 1 amide bonds. The van der Waals surface area contributed by atoms with Crippen LogP contribution >= 0.6 is 0 Å². The first-order valence-corrected chi connectivity index (χ1v) is 3.78. The first-order chi connectivity index (χ1) is 6.76. The van der Waals surface area contributed by atoms with Crippen molar-refractivity contribution in [1.82, 2.24) is 5.32 Å². The molecule has 0 rings (SSSR count). The van der Waals surface area contributed by atoms with Crippen molar-refractivity contribution < 1.29 is 27.9 Å². The molecule has 0 saturated heterocycles. The molecule has 0 aromatic rings. The lowest BCUT2D eigenvalue weighted by Gasteiger charge is -2.12. The minimum atomic E-state index is -4.66. The van der Waals surface area contributed by atoms with Gasteiger partial charge in [-0.25, -0.2) is 4.79 Å². The molecule has 15 heavy (non-hydrogen) atoms. The first kappa shape index (κ1) is 13.3. The average molecular weight is 223 g/mol. The maximum absolute atomic E-state index is 11.7. The largest absolute Gasteiger partial charge is 0.480 e. The van der Waals surface area contributed by atoms with Crippen LogP contribution in [0.1, 0.15) is 12.8 Å². The predicted octanol–water partition coefficient (Wildman–Crippen LogP) is 0.531. The third-order valence-corrected chi connectivity index (χ3v) is 1.32. The monoisotopic (exact) mass is 223 g/mol. The molecule has 84 valence electrons. The highest BCUT2D eigenvalue weighted by Gasteiger charge is 2.32. The van der Waals surface area contributed by atoms with Gasteiger partial charge in [-0.1, -0.05) is 0 Å². The fraction of sp³-hybridized carbons (Fsp3) is 0.500. The quantitative estimate of drug-likeness (QED) is 0.683. The second-order valence-electron chi connectivity index (χ2n) is 2.66. The number of amides is 1. The van der Waals surface area contributed by atoms with E-state index in [4.69, 9.17) is 11.5 Å². The lowest BCUT2D eigenvalue weighted by Crippen LogP contribution is -2.42. The van der Waals surface area contributed by atoms with E-state index >= 15 is 0 Å². The van der Waals surface area contributed by atoms with Crippen LogP contribution in [0.3, 0.4) is 0 Å². The SMILES string of the molecule is C#CCC(NC(=O)CC(F)(F)F)C(=O)O. The molecule has 0 spiro atoms. The molecule has 4 nitrogen and oxygen atoms in total. The van der Waals surface area contributed by atoms with Crippen LogP contribution in [0, 0.1) is 12.3 Å². The molecule has 1 atom stereocenters. The number of rotatable bonds is 4. The molecular weight excluding hydrogens is 215 g/mol. The molecule has 1 unspecified atom stereocenters. The van der Waals surface area contributed by atoms with Crippen LogP contribution in [0.15, 0.2) is 0 Å². The molecule has 0 bridgehead atoms. The molecule has 0 aliphatic heterocycles. The van der Waals surface area contributed by atoms with Crippen molar-refractivity contribution in [2.75, 3.05) is 0 Å². The number of carbonyl (C=O) groups excluding carboxylic acids is 1. The van der Waals surface area contributed by atoms with Crippen LogP contribution in [-0.4, -0.2) is 29.2 Å². The Kier molecular flexibility index (Phi) is 4.64. The zero-order valence-corrected chi connectivity index (χ0v) is 7.47. The molecule has 0 heterocycles. The zero-order valence-electron chi connectivity index (χ0n) is 7.47. The number of aliphatic carboxylic acids is 1. The molecule has 0 saturated carbocycles. The van der Waals surface area contributed by atoms with Crippen LogP contribution in [0.25, 0.3) is 0 Å². The fourth-order valence-electron chi connectivity index (χ4n) is 0.745. The van der Waals surface area contributed by atoms with Gasteiger partial charge in [-0.2, -0.15) is 13.2 Å². The summed E-state index contributed by atoms with van der Waals surface area (Å²) in [7, 11) is 0. The van der Waals surface area contributed by atoms with Gasteiger partial charge < -0.3 is 10.4 Å². The average Bonchev–Trinajstić information content (AvgIpc) is 1.99. The summed E-state index contributed by atoms with van der Waals surface area (Å²) in [6.45, 7) is 0. The second-order valence-corrected chi connectivity index (χ2v) is 2.66. The Morgan fingerprint density at radius 2 is 2.00 bits per heavy atom. The second kappa shape index (κ2) is 5.24. The first-order valence-electron chi connectivity index (χ1n) is 3.78. The van der Waals surface area contributed by atoms with Gasteiger partial charge in [0.25, 0.3) is 0 Å². The number of hydrogen-bond acceptors (Lipinski definition) is 2. The van der Waals surface area contributed by atoms with E-state index in [-0.39, 0.29) is 6.42 Å². The Hall–Kier alpha value is -1.71. The van der Waals surface area contributed by atoms with E-state index < -0.39 is 30.5 Å². The minimum Gasteiger partial charge on any atom is -0.480 e. The standard InChI is InChI=1S/C8H8F3NO3/c1-2-3-5(7(14)15)12-6(13)4-8(9,10)11/h1,5H,3-4H2,(H,12,13)(H,14,15). The fourth-order valence-corrected chi connectivity index (χ4v) is 0.745. The highest BCUT2D eigenvalue weighted by Crippen LogP contribution is 2.19. The van der Waals surface area contributed by atoms with E-state index in [0.717, 1.165) is 0 Å². The van der Waals surface area contributed by atoms with Gasteiger partial charge >= 0.3 is 12.1 Å². The van der Waals surface area contributed by atoms with Crippen molar-refractivity contribution in [3.63, 3.8) is 0 Å². The molecule has 0 fully saturated rings. The molecule has 0 aliphatic rings. The van der Waals surface area contributed by atoms with Crippen LogP contribution in [0.2, 0.25) is 0 Å². The maximum Gasteiger partial charge on any atom is 0.397 e. The van der Waals surface area contributed by atoms with E-state index in [1.54, 1.807) is 5.32 Å². The summed E-state index contributed by atoms with van der Waals surface area (Å²) < 4.78 is 35.1. The Labute approximate surface area is 83.5 Å². The summed E-state index contributed by atoms with van der Waals surface area (Å²) in [6.07, 6.45) is -1.96. The van der Waals surface area contributed by atoms with Gasteiger partial charge in [-0.05, 0) is 0 Å². The van der Waals surface area contributed by atoms with Crippen LogP contribution in [-0.2, 0) is 9.59 Å². The summed E-state index contributed by atoms with van der Waals surface area (Å²) in [4.78, 5) is 21.1. The Morgan fingerprint density at radius 1 is 1.47 bits per heavy atom. The number of halogens is 3. The molecule has 2 N–H and O–H groups in total. The number of terminal acetylenes is 1. The molecular formula is C8H8F3NO3. The van der Waals surface area contributed by atoms with Crippen molar-refractivity contribution in [2.45, 2.75) is 25.1 Å².